The largest absolute Gasteiger partial charge is 0.480 e. The van der Waals surface area contributed by atoms with Crippen molar-refractivity contribution in [3.63, 3.8) is 0 Å². The molecule has 5 heteroatoms. The SMILES string of the molecule is C=CCCC1CC1OC(=O)NC(C(=O)O)C(C)(C)C. The maximum absolute atomic E-state index is 11.7. The van der Waals surface area contributed by atoms with Crippen molar-refractivity contribution in [2.75, 3.05) is 0 Å². The Morgan fingerprint density at radius 3 is 2.63 bits per heavy atom. The average Bonchev–Trinajstić information content (AvgIpc) is 2.99. The van der Waals surface area contributed by atoms with Crippen molar-refractivity contribution in [2.24, 2.45) is 11.3 Å². The summed E-state index contributed by atoms with van der Waals surface area (Å²) in [7, 11) is 0. The van der Waals surface area contributed by atoms with Gasteiger partial charge in [0.05, 0.1) is 0 Å². The van der Waals surface area contributed by atoms with Gasteiger partial charge in [-0.2, -0.15) is 0 Å². The number of alkyl carbamates (subject to hydrolysis) is 1. The van der Waals surface area contributed by atoms with E-state index in [2.05, 4.69) is 11.9 Å². The van der Waals surface area contributed by atoms with Crippen LogP contribution in [0.1, 0.15) is 40.0 Å². The molecule has 0 aromatic rings. The second kappa shape index (κ2) is 6.08. The van der Waals surface area contributed by atoms with E-state index in [1.165, 1.54) is 0 Å². The third kappa shape index (κ3) is 4.93. The summed E-state index contributed by atoms with van der Waals surface area (Å²) in [6.07, 6.45) is 3.85. The van der Waals surface area contributed by atoms with Crippen LogP contribution in [-0.4, -0.2) is 29.3 Å². The number of carboxylic acids is 1. The molecule has 1 aliphatic rings. The molecule has 0 saturated heterocycles. The number of hydrogen-bond acceptors (Lipinski definition) is 3. The Morgan fingerprint density at radius 2 is 2.16 bits per heavy atom. The van der Waals surface area contributed by atoms with Gasteiger partial charge < -0.3 is 15.2 Å². The quantitative estimate of drug-likeness (QED) is 0.727. The number of allylic oxidation sites excluding steroid dienone is 1. The van der Waals surface area contributed by atoms with Crippen molar-refractivity contribution in [3.8, 4) is 0 Å². The molecule has 3 unspecified atom stereocenters. The van der Waals surface area contributed by atoms with Crippen molar-refractivity contribution in [1.82, 2.24) is 5.32 Å². The highest BCUT2D eigenvalue weighted by molar-refractivity contribution is 5.80. The van der Waals surface area contributed by atoms with Gasteiger partial charge in [0, 0.05) is 0 Å². The molecule has 0 spiro atoms. The van der Waals surface area contributed by atoms with Crippen LogP contribution in [0, 0.1) is 11.3 Å². The molecule has 19 heavy (non-hydrogen) atoms. The van der Waals surface area contributed by atoms with E-state index in [9.17, 15) is 9.59 Å². The van der Waals surface area contributed by atoms with Gasteiger partial charge in [0.25, 0.3) is 0 Å². The van der Waals surface area contributed by atoms with Crippen LogP contribution in [0.2, 0.25) is 0 Å². The van der Waals surface area contributed by atoms with Crippen molar-refractivity contribution >= 4 is 12.1 Å². The van der Waals surface area contributed by atoms with Crippen molar-refractivity contribution in [2.45, 2.75) is 52.2 Å². The third-order valence-corrected chi connectivity index (χ3v) is 3.23. The fraction of sp³-hybridized carbons (Fsp3) is 0.714. The molecular formula is C14H23NO4. The monoisotopic (exact) mass is 269 g/mol. The lowest BCUT2D eigenvalue weighted by Crippen LogP contribution is -2.49. The third-order valence-electron chi connectivity index (χ3n) is 3.23. The molecule has 1 amide bonds. The Bertz CT molecular complexity index is 359. The Kier molecular flexibility index (Phi) is 4.97. The Labute approximate surface area is 114 Å². The van der Waals surface area contributed by atoms with E-state index < -0.39 is 23.5 Å². The normalized spacial score (nSPS) is 23.3. The standard InChI is InChI=1S/C14H23NO4/c1-5-6-7-9-8-10(9)19-13(18)15-11(12(16)17)14(2,3)4/h5,9-11H,1,6-8H2,2-4H3,(H,15,18)(H,16,17). The lowest BCUT2D eigenvalue weighted by Gasteiger charge is -2.27. The molecule has 3 atom stereocenters. The number of amides is 1. The minimum atomic E-state index is -1.05. The second-order valence-corrected chi connectivity index (χ2v) is 6.09. The molecule has 0 radical (unpaired) electrons. The molecule has 1 aliphatic carbocycles. The first-order valence-corrected chi connectivity index (χ1v) is 6.56. The predicted molar refractivity (Wildman–Crippen MR) is 71.8 cm³/mol. The highest BCUT2D eigenvalue weighted by atomic mass is 16.6. The highest BCUT2D eigenvalue weighted by Gasteiger charge is 2.41. The van der Waals surface area contributed by atoms with Crippen LogP contribution in [0.4, 0.5) is 4.79 Å². The number of ether oxygens (including phenoxy) is 1. The number of carbonyl (C=O) groups excluding carboxylic acids is 1. The fourth-order valence-electron chi connectivity index (χ4n) is 1.94. The lowest BCUT2D eigenvalue weighted by molar-refractivity contribution is -0.142. The van der Waals surface area contributed by atoms with Gasteiger partial charge in [0.15, 0.2) is 0 Å². The Balaban J connectivity index is 2.39. The molecular weight excluding hydrogens is 246 g/mol. The minimum absolute atomic E-state index is 0.0747. The summed E-state index contributed by atoms with van der Waals surface area (Å²) in [5, 5.41) is 11.5. The smallest absolute Gasteiger partial charge is 0.408 e. The molecule has 1 rings (SSSR count). The fourth-order valence-corrected chi connectivity index (χ4v) is 1.94. The van der Waals surface area contributed by atoms with Crippen LogP contribution >= 0.6 is 0 Å². The summed E-state index contributed by atoms with van der Waals surface area (Å²) in [6.45, 7) is 8.93. The van der Waals surface area contributed by atoms with E-state index in [1.807, 2.05) is 6.08 Å². The zero-order valence-electron chi connectivity index (χ0n) is 11.8. The molecule has 0 heterocycles. The number of aliphatic carboxylic acids is 1. The van der Waals surface area contributed by atoms with E-state index in [1.54, 1.807) is 20.8 Å². The van der Waals surface area contributed by atoms with Gasteiger partial charge in [-0.1, -0.05) is 26.8 Å². The highest BCUT2D eigenvalue weighted by Crippen LogP contribution is 2.37. The summed E-state index contributed by atoms with van der Waals surface area (Å²) in [4.78, 5) is 22.8. The second-order valence-electron chi connectivity index (χ2n) is 6.09. The number of carbonyl (C=O) groups is 2. The van der Waals surface area contributed by atoms with E-state index in [-0.39, 0.29) is 6.10 Å². The van der Waals surface area contributed by atoms with Crippen LogP contribution in [0.25, 0.3) is 0 Å². The lowest BCUT2D eigenvalue weighted by atomic mass is 9.87. The number of hydrogen-bond donors (Lipinski definition) is 2. The first kappa shape index (κ1) is 15.5. The molecule has 108 valence electrons. The van der Waals surface area contributed by atoms with Gasteiger partial charge in [0.2, 0.25) is 0 Å². The molecule has 5 nitrogen and oxygen atoms in total. The van der Waals surface area contributed by atoms with Crippen LogP contribution < -0.4 is 5.32 Å². The van der Waals surface area contributed by atoms with Gasteiger partial charge in [-0.25, -0.2) is 9.59 Å². The first-order chi connectivity index (χ1) is 8.75. The molecule has 2 N–H and O–H groups in total. The Morgan fingerprint density at radius 1 is 1.53 bits per heavy atom. The maximum atomic E-state index is 11.7. The average molecular weight is 269 g/mol. The maximum Gasteiger partial charge on any atom is 0.408 e. The van der Waals surface area contributed by atoms with Gasteiger partial charge in [-0.3, -0.25) is 0 Å². The minimum Gasteiger partial charge on any atom is -0.480 e. The molecule has 0 bridgehead atoms. The van der Waals surface area contributed by atoms with E-state index >= 15 is 0 Å². The number of nitrogens with one attached hydrogen (secondary N) is 1. The zero-order chi connectivity index (χ0) is 14.6. The summed E-state index contributed by atoms with van der Waals surface area (Å²) < 4.78 is 5.20. The number of carboxylic acid groups (broad SMARTS) is 1. The van der Waals surface area contributed by atoms with Crippen molar-refractivity contribution in [3.05, 3.63) is 12.7 Å². The van der Waals surface area contributed by atoms with Gasteiger partial charge in [0.1, 0.15) is 12.1 Å². The van der Waals surface area contributed by atoms with E-state index in [0.29, 0.717) is 5.92 Å². The van der Waals surface area contributed by atoms with Crippen LogP contribution in [0.5, 0.6) is 0 Å². The van der Waals surface area contributed by atoms with Gasteiger partial charge >= 0.3 is 12.1 Å². The van der Waals surface area contributed by atoms with Crippen LogP contribution in [0.3, 0.4) is 0 Å². The first-order valence-electron chi connectivity index (χ1n) is 6.56. The summed E-state index contributed by atoms with van der Waals surface area (Å²) >= 11 is 0. The van der Waals surface area contributed by atoms with Crippen molar-refractivity contribution in [1.29, 1.82) is 0 Å². The van der Waals surface area contributed by atoms with Crippen molar-refractivity contribution < 1.29 is 19.4 Å². The topological polar surface area (TPSA) is 75.6 Å². The van der Waals surface area contributed by atoms with Gasteiger partial charge in [-0.05, 0) is 30.6 Å². The summed E-state index contributed by atoms with van der Waals surface area (Å²) in [5.41, 5.74) is -0.559. The van der Waals surface area contributed by atoms with Crippen LogP contribution in [0.15, 0.2) is 12.7 Å². The predicted octanol–water partition coefficient (Wildman–Crippen LogP) is 2.57. The molecule has 0 aliphatic heterocycles. The van der Waals surface area contributed by atoms with E-state index in [4.69, 9.17) is 9.84 Å². The summed E-state index contributed by atoms with van der Waals surface area (Å²) in [5.74, 6) is -0.662. The van der Waals surface area contributed by atoms with Crippen LogP contribution in [-0.2, 0) is 9.53 Å². The zero-order valence-corrected chi connectivity index (χ0v) is 11.8. The molecule has 0 aromatic carbocycles. The summed E-state index contributed by atoms with van der Waals surface area (Å²) in [6, 6.07) is -0.953. The Hall–Kier alpha value is -1.52. The van der Waals surface area contributed by atoms with E-state index in [0.717, 1.165) is 19.3 Å². The number of rotatable bonds is 6. The molecule has 0 aromatic heterocycles. The van der Waals surface area contributed by atoms with Gasteiger partial charge in [-0.15, -0.1) is 6.58 Å². The molecule has 1 fully saturated rings. The molecule has 1 saturated carbocycles.